The minimum absolute atomic E-state index is 0.345. The van der Waals surface area contributed by atoms with Crippen molar-refractivity contribution in [1.82, 2.24) is 10.2 Å². The summed E-state index contributed by atoms with van der Waals surface area (Å²) < 4.78 is 0. The first-order valence-electron chi connectivity index (χ1n) is 5.95. The lowest BCUT2D eigenvalue weighted by molar-refractivity contribution is 0.194. The third-order valence-electron chi connectivity index (χ3n) is 3.34. The lowest BCUT2D eigenvalue weighted by atomic mass is 10.0. The van der Waals surface area contributed by atoms with E-state index in [1.54, 1.807) is 12.1 Å². The van der Waals surface area contributed by atoms with E-state index in [-0.39, 0.29) is 0 Å². The normalized spacial score (nSPS) is 18.8. The molecular weight excluding hydrogens is 200 g/mol. The fourth-order valence-electron chi connectivity index (χ4n) is 2.24. The second-order valence-corrected chi connectivity index (χ2v) is 4.51. The summed E-state index contributed by atoms with van der Waals surface area (Å²) in [4.78, 5) is 2.47. The Balaban J connectivity index is 1.84. The van der Waals surface area contributed by atoms with Gasteiger partial charge in [-0.2, -0.15) is 0 Å². The molecule has 0 aliphatic carbocycles. The first-order chi connectivity index (χ1) is 7.78. The van der Waals surface area contributed by atoms with Crippen LogP contribution >= 0.6 is 0 Å². The smallest absolute Gasteiger partial charge is 0.115 e. The number of hydrogen-bond donors (Lipinski definition) is 2. The second kappa shape index (κ2) is 5.32. The van der Waals surface area contributed by atoms with Crippen LogP contribution in [0.1, 0.15) is 18.4 Å². The molecule has 3 nitrogen and oxygen atoms in total. The van der Waals surface area contributed by atoms with Crippen LogP contribution < -0.4 is 5.32 Å². The highest BCUT2D eigenvalue weighted by Crippen LogP contribution is 2.15. The molecule has 1 aliphatic heterocycles. The Morgan fingerprint density at radius 2 is 1.88 bits per heavy atom. The Bertz CT molecular complexity index is 315. The molecule has 1 aromatic carbocycles. The van der Waals surface area contributed by atoms with Crippen LogP contribution in [0.3, 0.4) is 0 Å². The highest BCUT2D eigenvalue weighted by molar-refractivity contribution is 5.25. The van der Waals surface area contributed by atoms with E-state index in [9.17, 15) is 5.11 Å². The zero-order valence-electron chi connectivity index (χ0n) is 9.82. The molecule has 1 fully saturated rings. The zero-order chi connectivity index (χ0) is 11.4. The first-order valence-corrected chi connectivity index (χ1v) is 5.95. The largest absolute Gasteiger partial charge is 0.508 e. The van der Waals surface area contributed by atoms with Gasteiger partial charge >= 0.3 is 0 Å². The van der Waals surface area contributed by atoms with Crippen LogP contribution in [0.4, 0.5) is 0 Å². The van der Waals surface area contributed by atoms with Crippen molar-refractivity contribution in [2.75, 3.05) is 20.1 Å². The van der Waals surface area contributed by atoms with Crippen LogP contribution in [0, 0.1) is 0 Å². The van der Waals surface area contributed by atoms with Gasteiger partial charge in [0, 0.05) is 12.6 Å². The number of rotatable bonds is 3. The van der Waals surface area contributed by atoms with E-state index < -0.39 is 0 Å². The average Bonchev–Trinajstić information content (AvgIpc) is 2.33. The minimum atomic E-state index is 0.345. The summed E-state index contributed by atoms with van der Waals surface area (Å²) in [6.45, 7) is 3.31. The molecule has 1 heterocycles. The molecule has 1 saturated heterocycles. The average molecular weight is 220 g/mol. The number of likely N-dealkylation sites (tertiary alicyclic amines) is 1. The Hall–Kier alpha value is -1.06. The summed E-state index contributed by atoms with van der Waals surface area (Å²) in [6.07, 6.45) is 2.46. The number of phenolic OH excluding ortho intramolecular Hbond substituents is 1. The SMILES string of the molecule is CNC1CCN(Cc2ccc(O)cc2)CC1. The maximum atomic E-state index is 9.21. The van der Waals surface area contributed by atoms with Gasteiger partial charge in [0.05, 0.1) is 0 Å². The van der Waals surface area contributed by atoms with E-state index in [1.165, 1.54) is 18.4 Å². The minimum Gasteiger partial charge on any atom is -0.508 e. The van der Waals surface area contributed by atoms with Gasteiger partial charge in [-0.1, -0.05) is 12.1 Å². The van der Waals surface area contributed by atoms with Crippen molar-refractivity contribution in [2.45, 2.75) is 25.4 Å². The van der Waals surface area contributed by atoms with Gasteiger partial charge in [-0.25, -0.2) is 0 Å². The molecule has 0 spiro atoms. The Kier molecular flexibility index (Phi) is 3.80. The quantitative estimate of drug-likeness (QED) is 0.811. The lowest BCUT2D eigenvalue weighted by Gasteiger charge is -2.31. The summed E-state index contributed by atoms with van der Waals surface area (Å²) in [5, 5.41) is 12.5. The maximum absolute atomic E-state index is 9.21. The highest BCUT2D eigenvalue weighted by Gasteiger charge is 2.17. The third kappa shape index (κ3) is 2.97. The molecule has 0 saturated carbocycles. The van der Waals surface area contributed by atoms with Gasteiger partial charge in [0.1, 0.15) is 5.75 Å². The van der Waals surface area contributed by atoms with Crippen molar-refractivity contribution < 1.29 is 5.11 Å². The van der Waals surface area contributed by atoms with Gasteiger partial charge in [-0.3, -0.25) is 4.90 Å². The molecule has 0 amide bonds. The summed E-state index contributed by atoms with van der Waals surface area (Å²) >= 11 is 0. The van der Waals surface area contributed by atoms with Crippen LogP contribution in [0.25, 0.3) is 0 Å². The predicted molar refractivity (Wildman–Crippen MR) is 65.5 cm³/mol. The van der Waals surface area contributed by atoms with E-state index in [4.69, 9.17) is 0 Å². The lowest BCUT2D eigenvalue weighted by Crippen LogP contribution is -2.40. The molecule has 0 aromatic heterocycles. The fraction of sp³-hybridized carbons (Fsp3) is 0.538. The molecule has 1 aromatic rings. The molecule has 3 heteroatoms. The molecule has 0 bridgehead atoms. The molecule has 0 radical (unpaired) electrons. The number of piperidine rings is 1. The van der Waals surface area contributed by atoms with Gasteiger partial charge in [0.2, 0.25) is 0 Å². The Labute approximate surface area is 97.1 Å². The van der Waals surface area contributed by atoms with Crippen LogP contribution in [0.5, 0.6) is 5.75 Å². The van der Waals surface area contributed by atoms with Crippen molar-refractivity contribution in [3.05, 3.63) is 29.8 Å². The van der Waals surface area contributed by atoms with Gasteiger partial charge in [-0.05, 0) is 50.7 Å². The Morgan fingerprint density at radius 1 is 1.25 bits per heavy atom. The van der Waals surface area contributed by atoms with E-state index in [0.29, 0.717) is 11.8 Å². The number of aromatic hydroxyl groups is 1. The number of hydrogen-bond acceptors (Lipinski definition) is 3. The molecule has 1 aliphatic rings. The van der Waals surface area contributed by atoms with Crippen LogP contribution in [-0.2, 0) is 6.54 Å². The van der Waals surface area contributed by atoms with Crippen molar-refractivity contribution in [1.29, 1.82) is 0 Å². The standard InChI is InChI=1S/C13H20N2O/c1-14-12-6-8-15(9-7-12)10-11-2-4-13(16)5-3-11/h2-5,12,14,16H,6-10H2,1H3. The second-order valence-electron chi connectivity index (χ2n) is 4.51. The van der Waals surface area contributed by atoms with Crippen molar-refractivity contribution in [3.63, 3.8) is 0 Å². The van der Waals surface area contributed by atoms with Crippen LogP contribution in [0.15, 0.2) is 24.3 Å². The van der Waals surface area contributed by atoms with Gasteiger partial charge < -0.3 is 10.4 Å². The van der Waals surface area contributed by atoms with Gasteiger partial charge in [-0.15, -0.1) is 0 Å². The summed E-state index contributed by atoms with van der Waals surface area (Å²) in [5.41, 5.74) is 1.28. The van der Waals surface area contributed by atoms with Gasteiger partial charge in [0.25, 0.3) is 0 Å². The summed E-state index contributed by atoms with van der Waals surface area (Å²) in [5.74, 6) is 0.345. The number of benzene rings is 1. The van der Waals surface area contributed by atoms with E-state index in [2.05, 4.69) is 10.2 Å². The molecule has 88 valence electrons. The first kappa shape index (κ1) is 11.4. The molecule has 0 atom stereocenters. The maximum Gasteiger partial charge on any atom is 0.115 e. The molecule has 16 heavy (non-hydrogen) atoms. The van der Waals surface area contributed by atoms with E-state index >= 15 is 0 Å². The van der Waals surface area contributed by atoms with Crippen molar-refractivity contribution >= 4 is 0 Å². The molecule has 2 N–H and O–H groups in total. The summed E-state index contributed by atoms with van der Waals surface area (Å²) in [7, 11) is 2.04. The number of nitrogens with one attached hydrogen (secondary N) is 1. The molecule has 0 unspecified atom stereocenters. The van der Waals surface area contributed by atoms with E-state index in [0.717, 1.165) is 19.6 Å². The van der Waals surface area contributed by atoms with Crippen LogP contribution in [-0.4, -0.2) is 36.2 Å². The molecular formula is C13H20N2O. The molecule has 2 rings (SSSR count). The van der Waals surface area contributed by atoms with Crippen molar-refractivity contribution in [3.8, 4) is 5.75 Å². The highest BCUT2D eigenvalue weighted by atomic mass is 16.3. The van der Waals surface area contributed by atoms with Crippen LogP contribution in [0.2, 0.25) is 0 Å². The number of phenols is 1. The van der Waals surface area contributed by atoms with E-state index in [1.807, 2.05) is 19.2 Å². The predicted octanol–water partition coefficient (Wildman–Crippen LogP) is 1.58. The Morgan fingerprint density at radius 3 is 2.44 bits per heavy atom. The zero-order valence-corrected chi connectivity index (χ0v) is 9.82. The van der Waals surface area contributed by atoms with Gasteiger partial charge in [0.15, 0.2) is 0 Å². The topological polar surface area (TPSA) is 35.5 Å². The summed E-state index contributed by atoms with van der Waals surface area (Å²) in [6, 6.07) is 8.21. The third-order valence-corrected chi connectivity index (χ3v) is 3.34. The fourth-order valence-corrected chi connectivity index (χ4v) is 2.24. The monoisotopic (exact) mass is 220 g/mol. The number of nitrogens with zero attached hydrogens (tertiary/aromatic N) is 1. The van der Waals surface area contributed by atoms with Crippen molar-refractivity contribution in [2.24, 2.45) is 0 Å².